The average Bonchev–Trinajstić information content (AvgIpc) is 3.28. The van der Waals surface area contributed by atoms with Crippen LogP contribution in [0.4, 0.5) is 0 Å². The Morgan fingerprint density at radius 2 is 0.879 bits per heavy atom. The number of nitrogens with zero attached hydrogens (tertiary/aromatic N) is 1. The van der Waals surface area contributed by atoms with Crippen LogP contribution in [0.25, 0.3) is 0 Å². The number of aliphatic hydroxyl groups excluding tert-OH is 1. The lowest BCUT2D eigenvalue weighted by atomic mass is 10.0. The molecule has 66 heavy (non-hydrogen) atoms. The van der Waals surface area contributed by atoms with E-state index in [9.17, 15) is 19.4 Å². The molecule has 0 aromatic rings. The van der Waals surface area contributed by atoms with E-state index in [-0.39, 0.29) is 19.1 Å². The fourth-order valence-corrected chi connectivity index (χ4v) is 8.57. The maximum atomic E-state index is 12.9. The predicted molar refractivity (Wildman–Crippen MR) is 286 cm³/mol. The Bertz CT molecular complexity index is 1260. The predicted octanol–water partition coefficient (Wildman–Crippen LogP) is 16.5. The van der Waals surface area contributed by atoms with Gasteiger partial charge in [-0.25, -0.2) is 4.57 Å². The second-order valence-electron chi connectivity index (χ2n) is 19.9. The fourth-order valence-electron chi connectivity index (χ4n) is 7.83. The number of phosphoric ester groups is 1. The van der Waals surface area contributed by atoms with E-state index >= 15 is 0 Å². The molecule has 3 N–H and O–H groups in total. The van der Waals surface area contributed by atoms with Crippen LogP contribution in [0.5, 0.6) is 0 Å². The molecule has 0 saturated carbocycles. The van der Waals surface area contributed by atoms with Gasteiger partial charge in [-0.05, 0) is 70.6 Å². The third kappa shape index (κ3) is 50.1. The molecule has 0 radical (unpaired) electrons. The molecular formula is C57H108N2O6P+. The molecule has 386 valence electrons. The fraction of sp³-hybridized carbons (Fsp3) is 0.807. The van der Waals surface area contributed by atoms with Crippen molar-refractivity contribution >= 4 is 13.7 Å². The van der Waals surface area contributed by atoms with Gasteiger partial charge >= 0.3 is 7.82 Å². The van der Waals surface area contributed by atoms with E-state index in [2.05, 4.69) is 67.8 Å². The van der Waals surface area contributed by atoms with Crippen LogP contribution >= 0.6 is 7.82 Å². The van der Waals surface area contributed by atoms with Gasteiger partial charge in [0.2, 0.25) is 5.91 Å². The Morgan fingerprint density at radius 3 is 1.35 bits per heavy atom. The van der Waals surface area contributed by atoms with Crippen LogP contribution in [-0.2, 0) is 18.4 Å². The van der Waals surface area contributed by atoms with Crippen LogP contribution in [-0.4, -0.2) is 73.4 Å². The van der Waals surface area contributed by atoms with Gasteiger partial charge < -0.3 is 19.8 Å². The number of unbranched alkanes of at least 4 members (excludes halogenated alkanes) is 29. The maximum absolute atomic E-state index is 12.9. The van der Waals surface area contributed by atoms with Gasteiger partial charge in [0, 0.05) is 6.42 Å². The van der Waals surface area contributed by atoms with Gasteiger partial charge in [-0.15, -0.1) is 0 Å². The first-order valence-corrected chi connectivity index (χ1v) is 29.2. The first-order chi connectivity index (χ1) is 32.0. The Hall–Kier alpha value is -1.80. The van der Waals surface area contributed by atoms with Crippen molar-refractivity contribution in [1.82, 2.24) is 5.32 Å². The summed E-state index contributed by atoms with van der Waals surface area (Å²) in [5.41, 5.74) is 0. The highest BCUT2D eigenvalue weighted by atomic mass is 31.2. The standard InChI is InChI=1S/C57H107N2O6P/c1-6-8-10-12-14-16-18-20-22-24-26-27-28-29-30-31-33-34-36-38-40-42-44-46-48-50-56(60)55(54-65-66(62,63)64-53-52-59(3,4)5)58-57(61)51-49-47-45-43-41-39-37-35-32-25-23-21-19-17-15-13-11-9-7-2/h15,17,21,23,32,35,40,42,48,50,55-56,60H,6-14,16,18-20,22,24-31,33-34,36-39,41,43-47,49,51-54H2,1-5H3,(H-,58,61,62,63)/p+1/b17-15-,23-21-,35-32-,42-40+,50-48+. The molecule has 8 nitrogen and oxygen atoms in total. The van der Waals surface area contributed by atoms with Gasteiger partial charge in [-0.3, -0.25) is 13.8 Å². The van der Waals surface area contributed by atoms with E-state index in [4.69, 9.17) is 9.05 Å². The van der Waals surface area contributed by atoms with Crippen LogP contribution in [0.2, 0.25) is 0 Å². The van der Waals surface area contributed by atoms with Gasteiger partial charge in [-0.2, -0.15) is 0 Å². The molecule has 1 amide bonds. The highest BCUT2D eigenvalue weighted by Crippen LogP contribution is 2.43. The van der Waals surface area contributed by atoms with Gasteiger partial charge in [0.05, 0.1) is 39.9 Å². The molecule has 3 unspecified atom stereocenters. The Kier molecular flexibility index (Phi) is 46.9. The summed E-state index contributed by atoms with van der Waals surface area (Å²) in [6, 6.07) is -0.873. The zero-order chi connectivity index (χ0) is 48.5. The van der Waals surface area contributed by atoms with Crippen molar-refractivity contribution in [1.29, 1.82) is 0 Å². The number of hydrogen-bond acceptors (Lipinski definition) is 5. The number of rotatable bonds is 50. The lowest BCUT2D eigenvalue weighted by Crippen LogP contribution is -2.45. The first kappa shape index (κ1) is 64.2. The van der Waals surface area contributed by atoms with Crippen molar-refractivity contribution in [2.45, 2.75) is 257 Å². The summed E-state index contributed by atoms with van der Waals surface area (Å²) in [6.45, 7) is 4.77. The third-order valence-corrected chi connectivity index (χ3v) is 13.2. The third-order valence-electron chi connectivity index (χ3n) is 12.2. The lowest BCUT2D eigenvalue weighted by molar-refractivity contribution is -0.870. The second kappa shape index (κ2) is 48.2. The van der Waals surface area contributed by atoms with E-state index in [1.165, 1.54) is 161 Å². The largest absolute Gasteiger partial charge is 0.472 e. The normalized spacial score (nSPS) is 14.5. The van der Waals surface area contributed by atoms with Crippen molar-refractivity contribution < 1.29 is 32.9 Å². The number of allylic oxidation sites excluding steroid dienone is 9. The monoisotopic (exact) mass is 948 g/mol. The topological polar surface area (TPSA) is 105 Å². The van der Waals surface area contributed by atoms with Gasteiger partial charge in [0.15, 0.2) is 0 Å². The number of aliphatic hydroxyl groups is 1. The zero-order valence-corrected chi connectivity index (χ0v) is 44.8. The van der Waals surface area contributed by atoms with Crippen molar-refractivity contribution in [3.8, 4) is 0 Å². The summed E-state index contributed by atoms with van der Waals surface area (Å²) in [5.74, 6) is -0.199. The quantitative estimate of drug-likeness (QED) is 0.0243. The van der Waals surface area contributed by atoms with Crippen molar-refractivity contribution in [2.24, 2.45) is 0 Å². The SMILES string of the molecule is CCCCC/C=C\C/C=C\C/C=C\CCCCCCCCC(=O)NC(COP(=O)(O)OCC[N+](C)(C)C)C(O)/C=C/CC/C=C/CCCCCCCCCCCCCCCCCCCCC. The molecule has 0 rings (SSSR count). The summed E-state index contributed by atoms with van der Waals surface area (Å²) in [6.07, 6.45) is 64.6. The molecule has 0 spiro atoms. The smallest absolute Gasteiger partial charge is 0.387 e. The van der Waals surface area contributed by atoms with Gasteiger partial charge in [0.25, 0.3) is 0 Å². The molecule has 0 fully saturated rings. The number of quaternary nitrogens is 1. The summed E-state index contributed by atoms with van der Waals surface area (Å²) < 4.78 is 23.7. The van der Waals surface area contributed by atoms with Crippen LogP contribution < -0.4 is 5.32 Å². The van der Waals surface area contributed by atoms with Crippen molar-refractivity contribution in [3.63, 3.8) is 0 Å². The van der Waals surface area contributed by atoms with Gasteiger partial charge in [-0.1, -0.05) is 229 Å². The highest BCUT2D eigenvalue weighted by molar-refractivity contribution is 7.47. The minimum Gasteiger partial charge on any atom is -0.387 e. The van der Waals surface area contributed by atoms with Crippen LogP contribution in [0.3, 0.4) is 0 Å². The summed E-state index contributed by atoms with van der Waals surface area (Å²) >= 11 is 0. The molecule has 0 saturated heterocycles. The molecule has 0 aliphatic carbocycles. The number of phosphoric acid groups is 1. The van der Waals surface area contributed by atoms with Crippen LogP contribution in [0.1, 0.15) is 245 Å². The van der Waals surface area contributed by atoms with E-state index < -0.39 is 20.0 Å². The molecular weight excluding hydrogens is 840 g/mol. The van der Waals surface area contributed by atoms with Crippen molar-refractivity contribution in [3.05, 3.63) is 60.8 Å². The molecule has 3 atom stereocenters. The zero-order valence-electron chi connectivity index (χ0n) is 43.9. The minimum absolute atomic E-state index is 0.0513. The maximum Gasteiger partial charge on any atom is 0.472 e. The molecule has 0 bridgehead atoms. The average molecular weight is 948 g/mol. The number of nitrogens with one attached hydrogen (secondary N) is 1. The number of amides is 1. The van der Waals surface area contributed by atoms with E-state index in [1.807, 2.05) is 27.2 Å². The lowest BCUT2D eigenvalue weighted by Gasteiger charge is -2.25. The molecule has 0 aromatic heterocycles. The highest BCUT2D eigenvalue weighted by Gasteiger charge is 2.27. The molecule has 0 aliphatic heterocycles. The van der Waals surface area contributed by atoms with E-state index in [0.29, 0.717) is 17.4 Å². The Morgan fingerprint density at radius 1 is 0.515 bits per heavy atom. The second-order valence-corrected chi connectivity index (χ2v) is 21.4. The van der Waals surface area contributed by atoms with Gasteiger partial charge in [0.1, 0.15) is 13.2 Å². The Balaban J connectivity index is 4.32. The van der Waals surface area contributed by atoms with Crippen LogP contribution in [0, 0.1) is 0 Å². The van der Waals surface area contributed by atoms with Crippen molar-refractivity contribution in [2.75, 3.05) is 40.9 Å². The number of likely N-dealkylation sites (N-methyl/N-ethyl adjacent to an activating group) is 1. The summed E-state index contributed by atoms with van der Waals surface area (Å²) in [7, 11) is 1.54. The summed E-state index contributed by atoms with van der Waals surface area (Å²) in [5, 5.41) is 13.9. The first-order valence-electron chi connectivity index (χ1n) is 27.7. The Labute approximate surface area is 409 Å². The number of carbonyl (C=O) groups excluding carboxylic acids is 1. The number of hydrogen-bond donors (Lipinski definition) is 3. The molecule has 9 heteroatoms. The molecule has 0 aromatic carbocycles. The van der Waals surface area contributed by atoms with E-state index in [1.54, 1.807) is 6.08 Å². The van der Waals surface area contributed by atoms with E-state index in [0.717, 1.165) is 64.2 Å². The molecule has 0 aliphatic rings. The molecule has 0 heterocycles. The number of carbonyl (C=O) groups is 1. The minimum atomic E-state index is -4.36. The summed E-state index contributed by atoms with van der Waals surface area (Å²) in [4.78, 5) is 23.2. The van der Waals surface area contributed by atoms with Crippen LogP contribution in [0.15, 0.2) is 60.8 Å².